The Balaban J connectivity index is 2.69. The van der Waals surface area contributed by atoms with Crippen LogP contribution >= 0.6 is 34.8 Å². The van der Waals surface area contributed by atoms with E-state index in [2.05, 4.69) is 9.72 Å². The van der Waals surface area contributed by atoms with Crippen LogP contribution in [0.15, 0.2) is 24.4 Å². The molecule has 0 aliphatic carbocycles. The molecule has 0 spiro atoms. The van der Waals surface area contributed by atoms with Crippen molar-refractivity contribution < 1.29 is 13.9 Å². The van der Waals surface area contributed by atoms with Gasteiger partial charge in [0.05, 0.1) is 39.6 Å². The first-order chi connectivity index (χ1) is 9.43. The van der Waals surface area contributed by atoms with Gasteiger partial charge in [-0.1, -0.05) is 34.8 Å². The summed E-state index contributed by atoms with van der Waals surface area (Å²) in [7, 11) is 1.19. The molecule has 0 aliphatic heterocycles. The highest BCUT2D eigenvalue weighted by atomic mass is 35.5. The van der Waals surface area contributed by atoms with Crippen LogP contribution in [0.4, 0.5) is 4.39 Å². The summed E-state index contributed by atoms with van der Waals surface area (Å²) < 4.78 is 17.9. The van der Waals surface area contributed by atoms with Gasteiger partial charge in [0.25, 0.3) is 0 Å². The second-order valence-corrected chi connectivity index (χ2v) is 5.01. The Morgan fingerprint density at radius 1 is 1.15 bits per heavy atom. The number of pyridine rings is 1. The van der Waals surface area contributed by atoms with Crippen LogP contribution in [-0.2, 0) is 4.74 Å². The fourth-order valence-electron chi connectivity index (χ4n) is 1.62. The summed E-state index contributed by atoms with van der Waals surface area (Å²) in [5.41, 5.74) is 0.482. The first kappa shape index (κ1) is 15.0. The van der Waals surface area contributed by atoms with E-state index in [4.69, 9.17) is 34.8 Å². The predicted octanol–water partition coefficient (Wildman–Crippen LogP) is 4.63. The van der Waals surface area contributed by atoms with E-state index in [1.54, 1.807) is 0 Å². The van der Waals surface area contributed by atoms with Crippen LogP contribution in [0, 0.1) is 5.82 Å². The van der Waals surface area contributed by atoms with Crippen molar-refractivity contribution in [1.29, 1.82) is 0 Å². The van der Waals surface area contributed by atoms with Gasteiger partial charge in [-0.25, -0.2) is 9.18 Å². The number of hydrogen-bond acceptors (Lipinski definition) is 3. The van der Waals surface area contributed by atoms with Crippen LogP contribution in [-0.4, -0.2) is 18.1 Å². The maximum atomic E-state index is 13.3. The summed E-state index contributed by atoms with van der Waals surface area (Å²) in [5, 5.41) is 0.749. The Hall–Kier alpha value is -1.36. The highest BCUT2D eigenvalue weighted by Gasteiger charge is 2.19. The average Bonchev–Trinajstić information content (AvgIpc) is 2.42. The SMILES string of the molecule is COC(=O)c1cc(F)cnc1-c1cc(Cl)c(Cl)cc1Cl. The van der Waals surface area contributed by atoms with Gasteiger partial charge in [-0.05, 0) is 18.2 Å². The molecule has 3 nitrogen and oxygen atoms in total. The van der Waals surface area contributed by atoms with Gasteiger partial charge in [-0.2, -0.15) is 0 Å². The Kier molecular flexibility index (Phi) is 4.48. The van der Waals surface area contributed by atoms with Crippen molar-refractivity contribution in [2.45, 2.75) is 0 Å². The van der Waals surface area contributed by atoms with E-state index in [-0.39, 0.29) is 26.3 Å². The fraction of sp³-hybridized carbons (Fsp3) is 0.0769. The molecule has 0 radical (unpaired) electrons. The van der Waals surface area contributed by atoms with Gasteiger partial charge in [-0.15, -0.1) is 0 Å². The van der Waals surface area contributed by atoms with Gasteiger partial charge in [0.15, 0.2) is 0 Å². The van der Waals surface area contributed by atoms with E-state index in [0.717, 1.165) is 12.3 Å². The van der Waals surface area contributed by atoms with Gasteiger partial charge in [0.2, 0.25) is 0 Å². The van der Waals surface area contributed by atoms with E-state index in [1.165, 1.54) is 19.2 Å². The van der Waals surface area contributed by atoms with Crippen molar-refractivity contribution in [3.63, 3.8) is 0 Å². The lowest BCUT2D eigenvalue weighted by Crippen LogP contribution is -2.06. The van der Waals surface area contributed by atoms with E-state index < -0.39 is 11.8 Å². The largest absolute Gasteiger partial charge is 0.465 e. The number of nitrogens with zero attached hydrogens (tertiary/aromatic N) is 1. The third kappa shape index (κ3) is 2.87. The number of methoxy groups -OCH3 is 1. The van der Waals surface area contributed by atoms with Crippen LogP contribution < -0.4 is 0 Å². The first-order valence-corrected chi connectivity index (χ1v) is 6.46. The Morgan fingerprint density at radius 3 is 2.45 bits per heavy atom. The molecule has 1 aromatic carbocycles. The molecule has 0 saturated carbocycles. The smallest absolute Gasteiger partial charge is 0.340 e. The molecule has 2 rings (SSSR count). The number of carbonyl (C=O) groups excluding carboxylic acids is 1. The van der Waals surface area contributed by atoms with E-state index in [0.29, 0.717) is 5.56 Å². The summed E-state index contributed by atoms with van der Waals surface area (Å²) in [4.78, 5) is 15.6. The molecule has 0 aliphatic rings. The zero-order valence-corrected chi connectivity index (χ0v) is 12.4. The molecular weight excluding hydrogens is 328 g/mol. The second kappa shape index (κ2) is 5.95. The highest BCUT2D eigenvalue weighted by molar-refractivity contribution is 6.44. The van der Waals surface area contributed by atoms with Crippen molar-refractivity contribution in [1.82, 2.24) is 4.98 Å². The maximum Gasteiger partial charge on any atom is 0.340 e. The molecule has 1 aromatic heterocycles. The third-order valence-corrected chi connectivity index (χ3v) is 3.56. The van der Waals surface area contributed by atoms with Crippen LogP contribution in [0.1, 0.15) is 10.4 Å². The normalized spacial score (nSPS) is 10.4. The van der Waals surface area contributed by atoms with Crippen LogP contribution in [0.2, 0.25) is 15.1 Å². The van der Waals surface area contributed by atoms with E-state index >= 15 is 0 Å². The third-order valence-electron chi connectivity index (χ3n) is 2.52. The Morgan fingerprint density at radius 2 is 1.80 bits per heavy atom. The molecule has 2 aromatic rings. The van der Waals surface area contributed by atoms with Crippen molar-refractivity contribution >= 4 is 40.8 Å². The van der Waals surface area contributed by atoms with Gasteiger partial charge < -0.3 is 4.74 Å². The molecule has 0 atom stereocenters. The lowest BCUT2D eigenvalue weighted by atomic mass is 10.1. The summed E-state index contributed by atoms with van der Waals surface area (Å²) in [6.45, 7) is 0. The predicted molar refractivity (Wildman–Crippen MR) is 76.0 cm³/mol. The van der Waals surface area contributed by atoms with E-state index in [1.807, 2.05) is 0 Å². The lowest BCUT2D eigenvalue weighted by Gasteiger charge is -2.10. The van der Waals surface area contributed by atoms with Crippen molar-refractivity contribution in [2.24, 2.45) is 0 Å². The van der Waals surface area contributed by atoms with Crippen LogP contribution in [0.3, 0.4) is 0 Å². The zero-order chi connectivity index (χ0) is 14.9. The van der Waals surface area contributed by atoms with E-state index in [9.17, 15) is 9.18 Å². The number of carbonyl (C=O) groups is 1. The molecule has 1 heterocycles. The van der Waals surface area contributed by atoms with Gasteiger partial charge >= 0.3 is 5.97 Å². The maximum absolute atomic E-state index is 13.3. The molecule has 0 unspecified atom stereocenters. The summed E-state index contributed by atoms with van der Waals surface area (Å²) in [5.74, 6) is -1.39. The minimum absolute atomic E-state index is 0.0483. The molecule has 0 saturated heterocycles. The second-order valence-electron chi connectivity index (χ2n) is 3.79. The molecule has 104 valence electrons. The molecule has 0 fully saturated rings. The highest BCUT2D eigenvalue weighted by Crippen LogP contribution is 2.36. The lowest BCUT2D eigenvalue weighted by molar-refractivity contribution is 0.0600. The van der Waals surface area contributed by atoms with Crippen molar-refractivity contribution in [3.8, 4) is 11.3 Å². The van der Waals surface area contributed by atoms with Crippen LogP contribution in [0.25, 0.3) is 11.3 Å². The van der Waals surface area contributed by atoms with Crippen LogP contribution in [0.5, 0.6) is 0 Å². The number of rotatable bonds is 2. The monoisotopic (exact) mass is 333 g/mol. The minimum Gasteiger partial charge on any atom is -0.465 e. The first-order valence-electron chi connectivity index (χ1n) is 5.32. The average molecular weight is 335 g/mol. The topological polar surface area (TPSA) is 39.2 Å². The molecule has 20 heavy (non-hydrogen) atoms. The summed E-state index contributed by atoms with van der Waals surface area (Å²) >= 11 is 17.8. The minimum atomic E-state index is -0.728. The zero-order valence-electron chi connectivity index (χ0n) is 10.1. The quantitative estimate of drug-likeness (QED) is 0.593. The molecule has 7 heteroatoms. The standard InChI is InChI=1S/C13H7Cl3FNO2/c1-20-13(19)8-2-6(17)5-18-12(8)7-3-10(15)11(16)4-9(7)14/h2-5H,1H3. The summed E-state index contributed by atoms with van der Waals surface area (Å²) in [6.07, 6.45) is 0.973. The van der Waals surface area contributed by atoms with Gasteiger partial charge in [0.1, 0.15) is 5.82 Å². The number of aromatic nitrogens is 1. The Labute approximate surface area is 129 Å². The molecule has 0 N–H and O–H groups in total. The fourth-order valence-corrected chi connectivity index (χ4v) is 2.26. The number of hydrogen-bond donors (Lipinski definition) is 0. The van der Waals surface area contributed by atoms with Crippen molar-refractivity contribution in [3.05, 3.63) is 50.8 Å². The number of ether oxygens (including phenoxy) is 1. The van der Waals surface area contributed by atoms with Gasteiger partial charge in [0, 0.05) is 5.56 Å². The summed E-state index contributed by atoms with van der Waals surface area (Å²) in [6, 6.07) is 3.90. The Bertz CT molecular complexity index is 692. The number of esters is 1. The number of benzene rings is 1. The molecule has 0 amide bonds. The number of halogens is 4. The van der Waals surface area contributed by atoms with Crippen molar-refractivity contribution in [2.75, 3.05) is 7.11 Å². The van der Waals surface area contributed by atoms with Gasteiger partial charge in [-0.3, -0.25) is 4.98 Å². The molecular formula is C13H7Cl3FNO2. The molecule has 0 bridgehead atoms.